The van der Waals surface area contributed by atoms with Crippen molar-refractivity contribution in [2.45, 2.75) is 13.5 Å². The molecule has 1 saturated heterocycles. The second-order valence-corrected chi connectivity index (χ2v) is 7.49. The third-order valence-electron chi connectivity index (χ3n) is 4.95. The molecule has 1 fully saturated rings. The molecule has 8 heteroatoms. The number of hydrogen-bond acceptors (Lipinski definition) is 7. The first kappa shape index (κ1) is 21.7. The summed E-state index contributed by atoms with van der Waals surface area (Å²) < 4.78 is 10.9. The van der Waals surface area contributed by atoms with Crippen molar-refractivity contribution in [1.82, 2.24) is 9.97 Å². The number of hydrogen-bond donors (Lipinski definition) is 2. The lowest BCUT2D eigenvalue weighted by atomic mass is 10.2. The molecule has 3 aromatic rings. The molecule has 0 atom stereocenters. The maximum absolute atomic E-state index is 12.1. The summed E-state index contributed by atoms with van der Waals surface area (Å²) in [5.74, 6) is 2.13. The van der Waals surface area contributed by atoms with Gasteiger partial charge in [-0.2, -0.15) is 0 Å². The van der Waals surface area contributed by atoms with Crippen LogP contribution in [0.1, 0.15) is 11.4 Å². The minimum absolute atomic E-state index is 0.000571. The third kappa shape index (κ3) is 6.26. The number of nitrogens with zero attached hydrogens (tertiary/aromatic N) is 3. The minimum Gasteiger partial charge on any atom is -0.378 e. The van der Waals surface area contributed by atoms with Gasteiger partial charge in [0.2, 0.25) is 5.91 Å². The standard InChI is InChI=1S/C24H27N5O3/c1-18-25-22(15-23(26-18)29-11-13-31-14-12-29)27-20-7-9-21(10-8-20)28-24(30)17-32-16-19-5-3-2-4-6-19/h2-10,15H,11-14,16-17H2,1H3,(H,28,30)(H,25,26,27). The highest BCUT2D eigenvalue weighted by atomic mass is 16.5. The molecule has 2 N–H and O–H groups in total. The molecule has 4 rings (SSSR count). The quantitative estimate of drug-likeness (QED) is 0.562. The number of rotatable bonds is 8. The van der Waals surface area contributed by atoms with Gasteiger partial charge in [-0.3, -0.25) is 4.79 Å². The van der Waals surface area contributed by atoms with Crippen LogP contribution in [0.5, 0.6) is 0 Å². The molecule has 8 nitrogen and oxygen atoms in total. The number of aryl methyl sites for hydroxylation is 1. The van der Waals surface area contributed by atoms with Crippen molar-refractivity contribution in [1.29, 1.82) is 0 Å². The van der Waals surface area contributed by atoms with Crippen LogP contribution < -0.4 is 15.5 Å². The van der Waals surface area contributed by atoms with Crippen LogP contribution in [-0.4, -0.2) is 48.8 Å². The van der Waals surface area contributed by atoms with Crippen molar-refractivity contribution >= 4 is 28.9 Å². The van der Waals surface area contributed by atoms with Crippen LogP contribution in [0.4, 0.5) is 23.0 Å². The predicted octanol–water partition coefficient (Wildman–Crippen LogP) is 3.52. The summed E-state index contributed by atoms with van der Waals surface area (Å²) in [6.45, 7) is 5.33. The van der Waals surface area contributed by atoms with E-state index in [9.17, 15) is 4.79 Å². The van der Waals surface area contributed by atoms with E-state index in [4.69, 9.17) is 9.47 Å². The number of nitrogens with one attached hydrogen (secondary N) is 2. The van der Waals surface area contributed by atoms with Crippen LogP contribution in [0.3, 0.4) is 0 Å². The van der Waals surface area contributed by atoms with E-state index in [1.54, 1.807) is 0 Å². The molecule has 1 aromatic heterocycles. The molecule has 0 spiro atoms. The molecule has 0 bridgehead atoms. The van der Waals surface area contributed by atoms with E-state index < -0.39 is 0 Å². The fourth-order valence-corrected chi connectivity index (χ4v) is 3.39. The average molecular weight is 434 g/mol. The van der Waals surface area contributed by atoms with E-state index in [1.807, 2.05) is 67.6 Å². The zero-order valence-corrected chi connectivity index (χ0v) is 18.1. The zero-order valence-electron chi connectivity index (χ0n) is 18.1. The number of carbonyl (C=O) groups excluding carboxylic acids is 1. The normalized spacial score (nSPS) is 13.6. The first-order valence-electron chi connectivity index (χ1n) is 10.6. The lowest BCUT2D eigenvalue weighted by molar-refractivity contribution is -0.121. The molecular formula is C24H27N5O3. The van der Waals surface area contributed by atoms with Crippen LogP contribution in [0.2, 0.25) is 0 Å². The molecule has 2 aromatic carbocycles. The number of benzene rings is 2. The minimum atomic E-state index is -0.191. The lowest BCUT2D eigenvalue weighted by Gasteiger charge is -2.28. The molecule has 0 radical (unpaired) electrons. The van der Waals surface area contributed by atoms with Gasteiger partial charge in [0, 0.05) is 30.5 Å². The van der Waals surface area contributed by atoms with Gasteiger partial charge in [0.1, 0.15) is 24.1 Å². The Morgan fingerprint density at radius 3 is 2.50 bits per heavy atom. The number of morpholine rings is 1. The lowest BCUT2D eigenvalue weighted by Crippen LogP contribution is -2.36. The number of ether oxygens (including phenoxy) is 2. The largest absolute Gasteiger partial charge is 0.378 e. The van der Waals surface area contributed by atoms with Crippen LogP contribution in [-0.2, 0) is 20.9 Å². The summed E-state index contributed by atoms with van der Waals surface area (Å²) in [6, 6.07) is 19.2. The van der Waals surface area contributed by atoms with Crippen molar-refractivity contribution in [2.24, 2.45) is 0 Å². The van der Waals surface area contributed by atoms with E-state index in [0.29, 0.717) is 31.3 Å². The zero-order chi connectivity index (χ0) is 22.2. The smallest absolute Gasteiger partial charge is 0.250 e. The van der Waals surface area contributed by atoms with Gasteiger partial charge in [-0.1, -0.05) is 30.3 Å². The Bertz CT molecular complexity index is 1020. The van der Waals surface area contributed by atoms with Crippen molar-refractivity contribution in [2.75, 3.05) is 48.4 Å². The second kappa shape index (κ2) is 10.7. The van der Waals surface area contributed by atoms with Gasteiger partial charge in [-0.15, -0.1) is 0 Å². The van der Waals surface area contributed by atoms with Crippen LogP contribution >= 0.6 is 0 Å². The van der Waals surface area contributed by atoms with Gasteiger partial charge < -0.3 is 25.0 Å². The Labute approximate surface area is 187 Å². The number of amides is 1. The summed E-state index contributed by atoms with van der Waals surface area (Å²) in [5.41, 5.74) is 2.61. The Morgan fingerprint density at radius 1 is 1.03 bits per heavy atom. The SMILES string of the molecule is Cc1nc(Nc2ccc(NC(=O)COCc3ccccc3)cc2)cc(N2CCOCC2)n1. The van der Waals surface area contributed by atoms with E-state index in [2.05, 4.69) is 25.5 Å². The molecule has 166 valence electrons. The summed E-state index contributed by atoms with van der Waals surface area (Å²) >= 11 is 0. The topological polar surface area (TPSA) is 88.6 Å². The van der Waals surface area contributed by atoms with Crippen molar-refractivity contribution in [3.8, 4) is 0 Å². The molecule has 2 heterocycles. The van der Waals surface area contributed by atoms with Crippen LogP contribution in [0.25, 0.3) is 0 Å². The maximum Gasteiger partial charge on any atom is 0.250 e. The fourth-order valence-electron chi connectivity index (χ4n) is 3.39. The molecule has 1 aliphatic heterocycles. The Balaban J connectivity index is 1.30. The third-order valence-corrected chi connectivity index (χ3v) is 4.95. The molecule has 0 aliphatic carbocycles. The van der Waals surface area contributed by atoms with Crippen LogP contribution in [0, 0.1) is 6.92 Å². The summed E-state index contributed by atoms with van der Waals surface area (Å²) in [7, 11) is 0. The second-order valence-electron chi connectivity index (χ2n) is 7.49. The summed E-state index contributed by atoms with van der Waals surface area (Å²) in [4.78, 5) is 23.4. The molecule has 1 aliphatic rings. The molecule has 0 saturated carbocycles. The van der Waals surface area contributed by atoms with Crippen molar-refractivity contribution in [3.05, 3.63) is 72.1 Å². The highest BCUT2D eigenvalue weighted by Crippen LogP contribution is 2.22. The van der Waals surface area contributed by atoms with E-state index in [0.717, 1.165) is 36.0 Å². The number of carbonyl (C=O) groups is 1. The Hall–Kier alpha value is -3.49. The average Bonchev–Trinajstić information content (AvgIpc) is 2.81. The van der Waals surface area contributed by atoms with Crippen LogP contribution in [0.15, 0.2) is 60.7 Å². The predicted molar refractivity (Wildman–Crippen MR) is 124 cm³/mol. The maximum atomic E-state index is 12.1. The summed E-state index contributed by atoms with van der Waals surface area (Å²) in [6.07, 6.45) is 0. The van der Waals surface area contributed by atoms with Crippen molar-refractivity contribution in [3.63, 3.8) is 0 Å². The highest BCUT2D eigenvalue weighted by Gasteiger charge is 2.14. The number of anilines is 4. The van der Waals surface area contributed by atoms with Gasteiger partial charge in [-0.25, -0.2) is 9.97 Å². The number of aromatic nitrogens is 2. The Morgan fingerprint density at radius 2 is 1.75 bits per heavy atom. The van der Waals surface area contributed by atoms with E-state index in [-0.39, 0.29) is 12.5 Å². The van der Waals surface area contributed by atoms with Gasteiger partial charge >= 0.3 is 0 Å². The van der Waals surface area contributed by atoms with E-state index in [1.165, 1.54) is 0 Å². The molecular weight excluding hydrogens is 406 g/mol. The molecule has 0 unspecified atom stereocenters. The monoisotopic (exact) mass is 433 g/mol. The Kier molecular flexibility index (Phi) is 7.27. The highest BCUT2D eigenvalue weighted by molar-refractivity contribution is 5.91. The van der Waals surface area contributed by atoms with Gasteiger partial charge in [0.05, 0.1) is 19.8 Å². The summed E-state index contributed by atoms with van der Waals surface area (Å²) in [5, 5.41) is 6.16. The van der Waals surface area contributed by atoms with Gasteiger partial charge in [0.25, 0.3) is 0 Å². The van der Waals surface area contributed by atoms with Gasteiger partial charge in [-0.05, 0) is 36.8 Å². The fraction of sp³-hybridized carbons (Fsp3) is 0.292. The van der Waals surface area contributed by atoms with E-state index >= 15 is 0 Å². The van der Waals surface area contributed by atoms with Gasteiger partial charge in [0.15, 0.2) is 0 Å². The molecule has 32 heavy (non-hydrogen) atoms. The first-order valence-corrected chi connectivity index (χ1v) is 10.6. The first-order chi connectivity index (χ1) is 15.7. The molecule has 1 amide bonds. The van der Waals surface area contributed by atoms with Crippen molar-refractivity contribution < 1.29 is 14.3 Å².